The minimum Gasteiger partial charge on any atom is -0.507 e. The maximum Gasteiger partial charge on any atom is 0.257 e. The molecule has 0 fully saturated rings. The molecule has 110 valence electrons. The topological polar surface area (TPSA) is 40.5 Å². The molecule has 0 saturated carbocycles. The van der Waals surface area contributed by atoms with Crippen LogP contribution in [-0.4, -0.2) is 22.5 Å². The fourth-order valence-electron chi connectivity index (χ4n) is 2.17. The first-order chi connectivity index (χ1) is 10.0. The van der Waals surface area contributed by atoms with Gasteiger partial charge < -0.3 is 10.0 Å². The van der Waals surface area contributed by atoms with Crippen molar-refractivity contribution in [3.63, 3.8) is 0 Å². The van der Waals surface area contributed by atoms with Gasteiger partial charge in [-0.2, -0.15) is 0 Å². The SMILES string of the molecule is CCN(Cc1ccccc1C)C(=O)c1cc(Cl)ccc1O. The molecule has 0 radical (unpaired) electrons. The van der Waals surface area contributed by atoms with Crippen LogP contribution in [0.15, 0.2) is 42.5 Å². The number of amides is 1. The van der Waals surface area contributed by atoms with Crippen molar-refractivity contribution in [3.8, 4) is 5.75 Å². The number of aryl methyl sites for hydroxylation is 1. The number of hydrogen-bond acceptors (Lipinski definition) is 2. The van der Waals surface area contributed by atoms with Gasteiger partial charge in [0, 0.05) is 18.1 Å². The Bertz CT molecular complexity index is 655. The number of halogens is 1. The highest BCUT2D eigenvalue weighted by Gasteiger charge is 2.18. The number of phenolic OH excluding ortho intramolecular Hbond substituents is 1. The molecule has 0 saturated heterocycles. The van der Waals surface area contributed by atoms with Crippen molar-refractivity contribution in [2.24, 2.45) is 0 Å². The monoisotopic (exact) mass is 303 g/mol. The molecule has 1 amide bonds. The number of phenols is 1. The molecule has 0 unspecified atom stereocenters. The quantitative estimate of drug-likeness (QED) is 0.927. The normalized spacial score (nSPS) is 10.4. The Balaban J connectivity index is 2.27. The number of carbonyl (C=O) groups is 1. The highest BCUT2D eigenvalue weighted by molar-refractivity contribution is 6.31. The maximum absolute atomic E-state index is 12.6. The Morgan fingerprint density at radius 2 is 1.95 bits per heavy atom. The van der Waals surface area contributed by atoms with Crippen LogP contribution in [0.2, 0.25) is 5.02 Å². The van der Waals surface area contributed by atoms with E-state index in [1.807, 2.05) is 38.1 Å². The zero-order valence-electron chi connectivity index (χ0n) is 12.1. The van der Waals surface area contributed by atoms with Crippen LogP contribution in [-0.2, 0) is 6.54 Å². The van der Waals surface area contributed by atoms with E-state index in [0.717, 1.165) is 11.1 Å². The summed E-state index contributed by atoms with van der Waals surface area (Å²) in [5.41, 5.74) is 2.46. The van der Waals surface area contributed by atoms with Gasteiger partial charge in [-0.05, 0) is 43.2 Å². The summed E-state index contributed by atoms with van der Waals surface area (Å²) in [6.07, 6.45) is 0. The Morgan fingerprint density at radius 3 is 2.62 bits per heavy atom. The van der Waals surface area contributed by atoms with E-state index in [1.165, 1.54) is 12.1 Å². The Kier molecular flexibility index (Phi) is 4.86. The molecular formula is C17H18ClNO2. The Labute approximate surface area is 129 Å². The van der Waals surface area contributed by atoms with E-state index < -0.39 is 0 Å². The summed E-state index contributed by atoms with van der Waals surface area (Å²) in [5.74, 6) is -0.270. The summed E-state index contributed by atoms with van der Waals surface area (Å²) >= 11 is 5.91. The molecule has 2 rings (SSSR count). The van der Waals surface area contributed by atoms with Gasteiger partial charge in [-0.25, -0.2) is 0 Å². The van der Waals surface area contributed by atoms with Gasteiger partial charge in [0.25, 0.3) is 5.91 Å². The largest absolute Gasteiger partial charge is 0.507 e. The average molecular weight is 304 g/mol. The van der Waals surface area contributed by atoms with Gasteiger partial charge in [0.2, 0.25) is 0 Å². The van der Waals surface area contributed by atoms with E-state index in [0.29, 0.717) is 18.1 Å². The molecule has 21 heavy (non-hydrogen) atoms. The van der Waals surface area contributed by atoms with Crippen LogP contribution in [0.5, 0.6) is 5.75 Å². The zero-order valence-corrected chi connectivity index (χ0v) is 12.9. The second kappa shape index (κ2) is 6.64. The summed E-state index contributed by atoms with van der Waals surface area (Å²) in [7, 11) is 0. The highest BCUT2D eigenvalue weighted by atomic mass is 35.5. The van der Waals surface area contributed by atoms with Crippen molar-refractivity contribution in [3.05, 3.63) is 64.2 Å². The number of benzene rings is 2. The van der Waals surface area contributed by atoms with E-state index >= 15 is 0 Å². The van der Waals surface area contributed by atoms with Crippen molar-refractivity contribution in [2.45, 2.75) is 20.4 Å². The summed E-state index contributed by atoms with van der Waals surface area (Å²) < 4.78 is 0. The number of carbonyl (C=O) groups excluding carboxylic acids is 1. The first-order valence-electron chi connectivity index (χ1n) is 6.85. The summed E-state index contributed by atoms with van der Waals surface area (Å²) in [6.45, 7) is 5.00. The van der Waals surface area contributed by atoms with Gasteiger partial charge >= 0.3 is 0 Å². The standard InChI is InChI=1S/C17H18ClNO2/c1-3-19(11-13-7-5-4-6-12(13)2)17(21)15-10-14(18)8-9-16(15)20/h4-10,20H,3,11H2,1-2H3. The first kappa shape index (κ1) is 15.4. The maximum atomic E-state index is 12.6. The second-order valence-electron chi connectivity index (χ2n) is 4.91. The van der Waals surface area contributed by atoms with E-state index in [9.17, 15) is 9.90 Å². The van der Waals surface area contributed by atoms with Crippen LogP contribution in [0.4, 0.5) is 0 Å². The van der Waals surface area contributed by atoms with Crippen molar-refractivity contribution in [1.82, 2.24) is 4.90 Å². The Morgan fingerprint density at radius 1 is 1.24 bits per heavy atom. The van der Waals surface area contributed by atoms with Gasteiger partial charge in [-0.3, -0.25) is 4.79 Å². The number of hydrogen-bond donors (Lipinski definition) is 1. The molecule has 4 heteroatoms. The molecular weight excluding hydrogens is 286 g/mol. The van der Waals surface area contributed by atoms with Gasteiger partial charge in [0.15, 0.2) is 0 Å². The van der Waals surface area contributed by atoms with Crippen LogP contribution < -0.4 is 0 Å². The molecule has 2 aromatic carbocycles. The molecule has 0 bridgehead atoms. The van der Waals surface area contributed by atoms with Crippen LogP contribution in [0.25, 0.3) is 0 Å². The lowest BCUT2D eigenvalue weighted by molar-refractivity contribution is 0.0749. The number of aromatic hydroxyl groups is 1. The highest BCUT2D eigenvalue weighted by Crippen LogP contribution is 2.24. The van der Waals surface area contributed by atoms with Crippen LogP contribution in [0, 0.1) is 6.92 Å². The van der Waals surface area contributed by atoms with Crippen molar-refractivity contribution in [2.75, 3.05) is 6.54 Å². The molecule has 2 aromatic rings. The fourth-order valence-corrected chi connectivity index (χ4v) is 2.34. The lowest BCUT2D eigenvalue weighted by Gasteiger charge is -2.22. The lowest BCUT2D eigenvalue weighted by atomic mass is 10.1. The fraction of sp³-hybridized carbons (Fsp3) is 0.235. The van der Waals surface area contributed by atoms with Crippen molar-refractivity contribution >= 4 is 17.5 Å². The van der Waals surface area contributed by atoms with Gasteiger partial charge in [0.05, 0.1) is 5.56 Å². The smallest absolute Gasteiger partial charge is 0.257 e. The van der Waals surface area contributed by atoms with Crippen LogP contribution >= 0.6 is 11.6 Å². The van der Waals surface area contributed by atoms with E-state index in [-0.39, 0.29) is 17.2 Å². The van der Waals surface area contributed by atoms with Gasteiger partial charge in [0.1, 0.15) is 5.75 Å². The first-order valence-corrected chi connectivity index (χ1v) is 7.23. The molecule has 0 aliphatic rings. The molecule has 0 spiro atoms. The summed E-state index contributed by atoms with van der Waals surface area (Å²) in [5, 5.41) is 10.3. The van der Waals surface area contributed by atoms with Gasteiger partial charge in [-0.15, -0.1) is 0 Å². The third-order valence-electron chi connectivity index (χ3n) is 3.48. The lowest BCUT2D eigenvalue weighted by Crippen LogP contribution is -2.30. The van der Waals surface area contributed by atoms with Gasteiger partial charge in [-0.1, -0.05) is 35.9 Å². The van der Waals surface area contributed by atoms with E-state index in [1.54, 1.807) is 11.0 Å². The van der Waals surface area contributed by atoms with Crippen LogP contribution in [0.1, 0.15) is 28.4 Å². The number of nitrogens with zero attached hydrogens (tertiary/aromatic N) is 1. The minimum absolute atomic E-state index is 0.0485. The van der Waals surface area contributed by atoms with E-state index in [2.05, 4.69) is 0 Å². The van der Waals surface area contributed by atoms with E-state index in [4.69, 9.17) is 11.6 Å². The predicted octanol–water partition coefficient (Wildman–Crippen LogP) is 4.02. The summed E-state index contributed by atoms with van der Waals surface area (Å²) in [6, 6.07) is 12.5. The molecule has 3 nitrogen and oxygen atoms in total. The Hall–Kier alpha value is -2.00. The van der Waals surface area contributed by atoms with Crippen LogP contribution in [0.3, 0.4) is 0 Å². The number of rotatable bonds is 4. The molecule has 1 N–H and O–H groups in total. The molecule has 0 aliphatic carbocycles. The minimum atomic E-state index is -0.222. The van der Waals surface area contributed by atoms with Crippen molar-refractivity contribution in [1.29, 1.82) is 0 Å². The molecule has 0 aliphatic heterocycles. The van der Waals surface area contributed by atoms with Crippen molar-refractivity contribution < 1.29 is 9.90 Å². The third kappa shape index (κ3) is 3.56. The average Bonchev–Trinajstić information content (AvgIpc) is 2.48. The molecule has 0 aromatic heterocycles. The molecule has 0 heterocycles. The predicted molar refractivity (Wildman–Crippen MR) is 84.7 cm³/mol. The third-order valence-corrected chi connectivity index (χ3v) is 3.72. The summed E-state index contributed by atoms with van der Waals surface area (Å²) in [4.78, 5) is 14.3. The second-order valence-corrected chi connectivity index (χ2v) is 5.34. The molecule has 0 atom stereocenters. The zero-order chi connectivity index (χ0) is 15.4.